The number of halogens is 4. The van der Waals surface area contributed by atoms with Gasteiger partial charge in [0.1, 0.15) is 0 Å². The molecule has 0 aliphatic heterocycles. The Bertz CT molecular complexity index is 356. The van der Waals surface area contributed by atoms with Gasteiger partial charge in [-0.25, -0.2) is 0 Å². The highest BCUT2D eigenvalue weighted by atomic mass is 79.9. The van der Waals surface area contributed by atoms with Crippen LogP contribution in [0, 0.1) is 0 Å². The number of hydrogen-bond acceptors (Lipinski definition) is 1. The van der Waals surface area contributed by atoms with Crippen LogP contribution in [0.3, 0.4) is 0 Å². The van der Waals surface area contributed by atoms with Crippen LogP contribution in [0.5, 0.6) is 0 Å². The van der Waals surface area contributed by atoms with Gasteiger partial charge in [0.15, 0.2) is 0 Å². The summed E-state index contributed by atoms with van der Waals surface area (Å²) in [5, 5.41) is 0. The van der Waals surface area contributed by atoms with E-state index in [2.05, 4.69) is 22.5 Å². The molecule has 0 heterocycles. The van der Waals surface area contributed by atoms with Crippen molar-refractivity contribution in [2.24, 2.45) is 0 Å². The maximum absolute atomic E-state index is 12.2. The molecule has 0 bridgehead atoms. The van der Waals surface area contributed by atoms with E-state index in [0.29, 0.717) is 16.7 Å². The van der Waals surface area contributed by atoms with E-state index in [4.69, 9.17) is 4.74 Å². The van der Waals surface area contributed by atoms with Crippen LogP contribution in [0.15, 0.2) is 35.3 Å². The molecule has 0 aliphatic carbocycles. The lowest BCUT2D eigenvalue weighted by molar-refractivity contribution is -0.137. The Morgan fingerprint density at radius 1 is 1.25 bits per heavy atom. The third-order valence-corrected chi connectivity index (χ3v) is 2.04. The van der Waals surface area contributed by atoms with Crippen molar-refractivity contribution in [3.8, 4) is 0 Å². The van der Waals surface area contributed by atoms with Gasteiger partial charge in [-0.1, -0.05) is 34.6 Å². The topological polar surface area (TPSA) is 9.23 Å². The van der Waals surface area contributed by atoms with Crippen LogP contribution in [-0.4, -0.2) is 6.61 Å². The Balaban J connectivity index is 2.55. The molecule has 0 saturated carbocycles. The standard InChI is InChI=1S/C11H10BrF3O/c1-8(12)6-16-7-9-2-4-10(5-3-9)11(13,14)15/h2-5H,1,6-7H2. The molecular formula is C11H10BrF3O. The maximum atomic E-state index is 12.2. The Labute approximate surface area is 100 Å². The van der Waals surface area contributed by atoms with E-state index in [-0.39, 0.29) is 6.61 Å². The summed E-state index contributed by atoms with van der Waals surface area (Å²) in [5.41, 5.74) is 0.0444. The molecular weight excluding hydrogens is 285 g/mol. The molecule has 1 aromatic carbocycles. The predicted molar refractivity (Wildman–Crippen MR) is 59.2 cm³/mol. The molecule has 1 aromatic rings. The van der Waals surface area contributed by atoms with Crippen molar-refractivity contribution in [2.75, 3.05) is 6.61 Å². The first kappa shape index (κ1) is 13.3. The van der Waals surface area contributed by atoms with Crippen molar-refractivity contribution in [1.29, 1.82) is 0 Å². The predicted octanol–water partition coefficient (Wildman–Crippen LogP) is 4.13. The van der Waals surface area contributed by atoms with Gasteiger partial charge in [0, 0.05) is 4.48 Å². The van der Waals surface area contributed by atoms with Crippen LogP contribution in [-0.2, 0) is 17.5 Å². The number of benzene rings is 1. The number of alkyl halides is 3. The molecule has 0 amide bonds. The fraction of sp³-hybridized carbons (Fsp3) is 0.273. The molecule has 0 atom stereocenters. The molecule has 0 aromatic heterocycles. The first-order valence-corrected chi connectivity index (χ1v) is 5.26. The van der Waals surface area contributed by atoms with Gasteiger partial charge in [0.2, 0.25) is 0 Å². The molecule has 16 heavy (non-hydrogen) atoms. The van der Waals surface area contributed by atoms with Crippen LogP contribution in [0.25, 0.3) is 0 Å². The average Bonchev–Trinajstić information content (AvgIpc) is 2.16. The first-order chi connectivity index (χ1) is 7.39. The average molecular weight is 295 g/mol. The van der Waals surface area contributed by atoms with E-state index in [9.17, 15) is 13.2 Å². The lowest BCUT2D eigenvalue weighted by atomic mass is 10.1. The van der Waals surface area contributed by atoms with E-state index in [1.165, 1.54) is 12.1 Å². The van der Waals surface area contributed by atoms with Gasteiger partial charge in [-0.05, 0) is 17.7 Å². The van der Waals surface area contributed by atoms with Crippen molar-refractivity contribution >= 4 is 15.9 Å². The van der Waals surface area contributed by atoms with Crippen molar-refractivity contribution in [2.45, 2.75) is 12.8 Å². The summed E-state index contributed by atoms with van der Waals surface area (Å²) >= 11 is 3.12. The van der Waals surface area contributed by atoms with E-state index in [1.54, 1.807) is 0 Å². The van der Waals surface area contributed by atoms with E-state index in [1.807, 2.05) is 0 Å². The van der Waals surface area contributed by atoms with Gasteiger partial charge < -0.3 is 4.74 Å². The van der Waals surface area contributed by atoms with Gasteiger partial charge in [-0.3, -0.25) is 0 Å². The summed E-state index contributed by atoms with van der Waals surface area (Å²) in [4.78, 5) is 0. The normalized spacial score (nSPS) is 11.5. The molecule has 1 rings (SSSR count). The number of ether oxygens (including phenoxy) is 1. The molecule has 5 heteroatoms. The number of hydrogen-bond donors (Lipinski definition) is 0. The smallest absolute Gasteiger partial charge is 0.372 e. The SMILES string of the molecule is C=C(Br)COCc1ccc(C(F)(F)F)cc1. The highest BCUT2D eigenvalue weighted by molar-refractivity contribution is 9.11. The summed E-state index contributed by atoms with van der Waals surface area (Å²) in [7, 11) is 0. The minimum absolute atomic E-state index is 0.267. The van der Waals surface area contributed by atoms with E-state index >= 15 is 0 Å². The highest BCUT2D eigenvalue weighted by Gasteiger charge is 2.29. The van der Waals surface area contributed by atoms with Crippen molar-refractivity contribution in [3.05, 3.63) is 46.5 Å². The first-order valence-electron chi connectivity index (χ1n) is 4.47. The fourth-order valence-corrected chi connectivity index (χ4v) is 1.23. The van der Waals surface area contributed by atoms with Crippen LogP contribution < -0.4 is 0 Å². The molecule has 0 aliphatic rings. The molecule has 1 nitrogen and oxygen atoms in total. The molecule has 0 saturated heterocycles. The monoisotopic (exact) mass is 294 g/mol. The molecule has 0 N–H and O–H groups in total. The van der Waals surface area contributed by atoms with Crippen LogP contribution in [0.4, 0.5) is 13.2 Å². The third kappa shape index (κ3) is 4.37. The van der Waals surface area contributed by atoms with Gasteiger partial charge in [-0.2, -0.15) is 13.2 Å². The van der Waals surface area contributed by atoms with Gasteiger partial charge in [0.05, 0.1) is 18.8 Å². The van der Waals surface area contributed by atoms with Gasteiger partial charge in [-0.15, -0.1) is 0 Å². The van der Waals surface area contributed by atoms with Gasteiger partial charge >= 0.3 is 6.18 Å². The zero-order chi connectivity index (χ0) is 12.2. The van der Waals surface area contributed by atoms with Crippen LogP contribution in [0.2, 0.25) is 0 Å². The van der Waals surface area contributed by atoms with Crippen molar-refractivity contribution < 1.29 is 17.9 Å². The van der Waals surface area contributed by atoms with Crippen molar-refractivity contribution in [3.63, 3.8) is 0 Å². The molecule has 88 valence electrons. The summed E-state index contributed by atoms with van der Waals surface area (Å²) in [6, 6.07) is 4.89. The minimum Gasteiger partial charge on any atom is -0.372 e. The minimum atomic E-state index is -4.29. The summed E-state index contributed by atoms with van der Waals surface area (Å²) < 4.78 is 42.6. The lowest BCUT2D eigenvalue weighted by Gasteiger charge is -2.07. The second-order valence-electron chi connectivity index (χ2n) is 3.20. The molecule has 0 spiro atoms. The Hall–Kier alpha value is -0.810. The highest BCUT2D eigenvalue weighted by Crippen LogP contribution is 2.29. The molecule has 0 fully saturated rings. The summed E-state index contributed by atoms with van der Waals surface area (Å²) in [5.74, 6) is 0. The van der Waals surface area contributed by atoms with Gasteiger partial charge in [0.25, 0.3) is 0 Å². The Kier molecular flexibility index (Phi) is 4.56. The molecule has 0 radical (unpaired) electrons. The Morgan fingerprint density at radius 3 is 2.25 bits per heavy atom. The Morgan fingerprint density at radius 2 is 1.81 bits per heavy atom. The third-order valence-electron chi connectivity index (χ3n) is 1.81. The molecule has 0 unspecified atom stereocenters. The second kappa shape index (κ2) is 5.50. The lowest BCUT2D eigenvalue weighted by Crippen LogP contribution is -2.04. The van der Waals surface area contributed by atoms with E-state index < -0.39 is 11.7 Å². The quantitative estimate of drug-likeness (QED) is 0.811. The van der Waals surface area contributed by atoms with E-state index in [0.717, 1.165) is 12.1 Å². The zero-order valence-electron chi connectivity index (χ0n) is 8.35. The fourth-order valence-electron chi connectivity index (χ4n) is 1.07. The van der Waals surface area contributed by atoms with Crippen LogP contribution in [0.1, 0.15) is 11.1 Å². The zero-order valence-corrected chi connectivity index (χ0v) is 9.94. The maximum Gasteiger partial charge on any atom is 0.416 e. The number of rotatable bonds is 4. The van der Waals surface area contributed by atoms with Crippen molar-refractivity contribution in [1.82, 2.24) is 0 Å². The summed E-state index contributed by atoms with van der Waals surface area (Å²) in [6.07, 6.45) is -4.29. The largest absolute Gasteiger partial charge is 0.416 e. The summed E-state index contributed by atoms with van der Waals surface area (Å²) in [6.45, 7) is 4.18. The van der Waals surface area contributed by atoms with Crippen LogP contribution >= 0.6 is 15.9 Å². The second-order valence-corrected chi connectivity index (χ2v) is 4.33.